The maximum Gasteiger partial charge on any atom is 0.319 e. The summed E-state index contributed by atoms with van der Waals surface area (Å²) in [5.41, 5.74) is 0.879. The van der Waals surface area contributed by atoms with Crippen LogP contribution in [0.1, 0.15) is 30.7 Å². The molecule has 98 valence electrons. The Bertz CT molecular complexity index is 393. The zero-order valence-electron chi connectivity index (χ0n) is 10.6. The van der Waals surface area contributed by atoms with Crippen molar-refractivity contribution in [2.75, 3.05) is 13.7 Å². The second-order valence-electron chi connectivity index (χ2n) is 4.73. The monoisotopic (exact) mass is 249 g/mol. The first-order valence-electron chi connectivity index (χ1n) is 6.39. The molecule has 3 unspecified atom stereocenters. The highest BCUT2D eigenvalue weighted by molar-refractivity contribution is 5.78. The van der Waals surface area contributed by atoms with Crippen molar-refractivity contribution in [1.29, 1.82) is 0 Å². The van der Waals surface area contributed by atoms with E-state index in [1.54, 1.807) is 0 Å². The first-order valence-corrected chi connectivity index (χ1v) is 6.39. The standard InChI is InChI=1S/C14H19NO3/c1-18-14(16)13(11-7-3-2-4-8-11)12-9-5-6-10-15(12)17/h2-4,7-8,12-13,15H,5-6,9-10H2,1H3. The largest absolute Gasteiger partial charge is 0.634 e. The zero-order chi connectivity index (χ0) is 13.0. The predicted molar refractivity (Wildman–Crippen MR) is 68.0 cm³/mol. The highest BCUT2D eigenvalue weighted by Crippen LogP contribution is 2.24. The van der Waals surface area contributed by atoms with Crippen LogP contribution in [-0.4, -0.2) is 25.7 Å². The molecule has 1 aromatic carbocycles. The summed E-state index contributed by atoms with van der Waals surface area (Å²) in [7, 11) is 1.38. The average molecular weight is 249 g/mol. The fourth-order valence-electron chi connectivity index (χ4n) is 2.68. The van der Waals surface area contributed by atoms with Crippen molar-refractivity contribution in [3.63, 3.8) is 0 Å². The number of hydroxylamine groups is 2. The number of carbonyl (C=O) groups is 1. The second-order valence-corrected chi connectivity index (χ2v) is 4.73. The number of ether oxygens (including phenoxy) is 1. The molecule has 1 fully saturated rings. The van der Waals surface area contributed by atoms with Gasteiger partial charge in [0.15, 0.2) is 0 Å². The number of methoxy groups -OCH3 is 1. The van der Waals surface area contributed by atoms with Crippen LogP contribution in [0.15, 0.2) is 30.3 Å². The minimum atomic E-state index is -0.441. The van der Waals surface area contributed by atoms with Crippen LogP contribution in [0.5, 0.6) is 0 Å². The molecule has 0 saturated carbocycles. The lowest BCUT2D eigenvalue weighted by atomic mass is 9.86. The Morgan fingerprint density at radius 1 is 1.39 bits per heavy atom. The number of benzene rings is 1. The summed E-state index contributed by atoms with van der Waals surface area (Å²) >= 11 is 0. The van der Waals surface area contributed by atoms with Crippen LogP contribution in [0.3, 0.4) is 0 Å². The van der Waals surface area contributed by atoms with Gasteiger partial charge in [0.1, 0.15) is 12.0 Å². The van der Waals surface area contributed by atoms with Crippen LogP contribution < -0.4 is 5.06 Å². The third-order valence-corrected chi connectivity index (χ3v) is 3.62. The molecule has 0 spiro atoms. The molecule has 0 amide bonds. The molecular weight excluding hydrogens is 230 g/mol. The molecule has 4 nitrogen and oxygen atoms in total. The van der Waals surface area contributed by atoms with Crippen molar-refractivity contribution in [3.8, 4) is 0 Å². The molecule has 1 heterocycles. The van der Waals surface area contributed by atoms with Crippen LogP contribution in [0.25, 0.3) is 0 Å². The van der Waals surface area contributed by atoms with E-state index < -0.39 is 5.92 Å². The predicted octanol–water partition coefficient (Wildman–Crippen LogP) is 0.878. The van der Waals surface area contributed by atoms with Crippen molar-refractivity contribution < 1.29 is 14.6 Å². The fraction of sp³-hybridized carbons (Fsp3) is 0.500. The maximum atomic E-state index is 12.0. The van der Waals surface area contributed by atoms with Crippen LogP contribution >= 0.6 is 0 Å². The number of hydrogen-bond acceptors (Lipinski definition) is 3. The van der Waals surface area contributed by atoms with E-state index in [1.165, 1.54) is 7.11 Å². The molecule has 4 heteroatoms. The number of rotatable bonds is 3. The Morgan fingerprint density at radius 2 is 2.11 bits per heavy atom. The van der Waals surface area contributed by atoms with Gasteiger partial charge in [0.25, 0.3) is 0 Å². The summed E-state index contributed by atoms with van der Waals surface area (Å²) < 4.78 is 4.88. The van der Waals surface area contributed by atoms with E-state index in [1.807, 2.05) is 30.3 Å². The topological polar surface area (TPSA) is 53.8 Å². The Kier molecular flexibility index (Phi) is 4.33. The van der Waals surface area contributed by atoms with Crippen molar-refractivity contribution in [3.05, 3.63) is 41.1 Å². The van der Waals surface area contributed by atoms with E-state index >= 15 is 0 Å². The van der Waals surface area contributed by atoms with Crippen LogP contribution in [0, 0.1) is 5.21 Å². The normalized spacial score (nSPS) is 25.4. The van der Waals surface area contributed by atoms with Gasteiger partial charge in [-0.05, 0) is 18.4 Å². The lowest BCUT2D eigenvalue weighted by molar-refractivity contribution is -0.882. The molecule has 0 aromatic heterocycles. The first kappa shape index (κ1) is 13.1. The van der Waals surface area contributed by atoms with E-state index in [4.69, 9.17) is 4.74 Å². The Balaban J connectivity index is 2.27. The van der Waals surface area contributed by atoms with Gasteiger partial charge in [-0.15, -0.1) is 0 Å². The number of esters is 1. The molecule has 3 atom stereocenters. The summed E-state index contributed by atoms with van der Waals surface area (Å²) in [4.78, 5) is 12.0. The Morgan fingerprint density at radius 3 is 2.72 bits per heavy atom. The maximum absolute atomic E-state index is 12.0. The van der Waals surface area contributed by atoms with E-state index in [0.717, 1.165) is 24.8 Å². The van der Waals surface area contributed by atoms with Crippen LogP contribution in [0.2, 0.25) is 0 Å². The lowest BCUT2D eigenvalue weighted by Gasteiger charge is -2.38. The molecule has 2 rings (SSSR count). The van der Waals surface area contributed by atoms with Crippen LogP contribution in [-0.2, 0) is 9.53 Å². The highest BCUT2D eigenvalue weighted by Gasteiger charge is 2.36. The first-order chi connectivity index (χ1) is 8.74. The van der Waals surface area contributed by atoms with Gasteiger partial charge in [0, 0.05) is 6.42 Å². The highest BCUT2D eigenvalue weighted by atomic mass is 16.5. The molecule has 18 heavy (non-hydrogen) atoms. The van der Waals surface area contributed by atoms with E-state index in [9.17, 15) is 10.0 Å². The van der Waals surface area contributed by atoms with E-state index in [2.05, 4.69) is 0 Å². The number of hydrogen-bond donors (Lipinski definition) is 1. The van der Waals surface area contributed by atoms with Gasteiger partial charge in [-0.3, -0.25) is 4.79 Å². The lowest BCUT2D eigenvalue weighted by Crippen LogP contribution is -3.13. The molecule has 0 aliphatic carbocycles. The molecule has 0 radical (unpaired) electrons. The van der Waals surface area contributed by atoms with Crippen molar-refractivity contribution in [1.82, 2.24) is 0 Å². The van der Waals surface area contributed by atoms with Gasteiger partial charge in [-0.1, -0.05) is 30.3 Å². The summed E-state index contributed by atoms with van der Waals surface area (Å²) in [5, 5.41) is 12.2. The summed E-state index contributed by atoms with van der Waals surface area (Å²) in [5.74, 6) is -0.745. The number of carbonyl (C=O) groups excluding carboxylic acids is 1. The summed E-state index contributed by atoms with van der Waals surface area (Å²) in [6, 6.07) is 9.25. The summed E-state index contributed by atoms with van der Waals surface area (Å²) in [6.07, 6.45) is 2.74. The van der Waals surface area contributed by atoms with Crippen molar-refractivity contribution in [2.45, 2.75) is 31.2 Å². The van der Waals surface area contributed by atoms with Gasteiger partial charge < -0.3 is 15.0 Å². The van der Waals surface area contributed by atoms with Crippen LogP contribution in [0.4, 0.5) is 0 Å². The average Bonchev–Trinajstić information content (AvgIpc) is 2.42. The van der Waals surface area contributed by atoms with Crippen molar-refractivity contribution in [2.24, 2.45) is 0 Å². The second kappa shape index (κ2) is 5.98. The quantitative estimate of drug-likeness (QED) is 0.639. The van der Waals surface area contributed by atoms with Gasteiger partial charge in [0.2, 0.25) is 0 Å². The van der Waals surface area contributed by atoms with Crippen molar-refractivity contribution >= 4 is 5.97 Å². The third kappa shape index (κ3) is 2.71. The number of quaternary nitrogens is 1. The smallest absolute Gasteiger partial charge is 0.319 e. The van der Waals surface area contributed by atoms with Gasteiger partial charge in [-0.25, -0.2) is 0 Å². The molecule has 1 saturated heterocycles. The third-order valence-electron chi connectivity index (χ3n) is 3.62. The summed E-state index contributed by atoms with van der Waals surface area (Å²) in [6.45, 7) is 0.588. The number of nitrogens with one attached hydrogen (secondary N) is 1. The molecule has 1 aliphatic heterocycles. The zero-order valence-corrected chi connectivity index (χ0v) is 10.6. The molecule has 1 aromatic rings. The minimum Gasteiger partial charge on any atom is -0.634 e. The van der Waals surface area contributed by atoms with Gasteiger partial charge >= 0.3 is 5.97 Å². The molecule has 1 N–H and O–H groups in total. The Hall–Kier alpha value is -1.39. The van der Waals surface area contributed by atoms with Gasteiger partial charge in [-0.2, -0.15) is 0 Å². The fourth-order valence-corrected chi connectivity index (χ4v) is 2.68. The Labute approximate surface area is 107 Å². The molecule has 0 bridgehead atoms. The van der Waals surface area contributed by atoms with E-state index in [-0.39, 0.29) is 17.1 Å². The minimum absolute atomic E-state index is 0.195. The molecular formula is C14H19NO3. The molecule has 1 aliphatic rings. The number of piperidine rings is 1. The SMILES string of the molecule is COC(=O)C(c1ccccc1)C1CCCC[NH+]1[O-]. The van der Waals surface area contributed by atoms with Gasteiger partial charge in [0.05, 0.1) is 13.7 Å². The van der Waals surface area contributed by atoms with E-state index in [0.29, 0.717) is 6.54 Å².